The number of hydrogen-bond donors (Lipinski definition) is 0. The van der Waals surface area contributed by atoms with Crippen LogP contribution in [0.2, 0.25) is 0 Å². The van der Waals surface area contributed by atoms with Crippen LogP contribution in [0.4, 0.5) is 0 Å². The van der Waals surface area contributed by atoms with E-state index >= 15 is 0 Å². The number of ether oxygens (including phenoxy) is 6. The summed E-state index contributed by atoms with van der Waals surface area (Å²) >= 11 is 20.8. The fraction of sp³-hybridized carbons (Fsp3) is 0.333. The maximum atomic E-state index is 6.95. The van der Waals surface area contributed by atoms with E-state index < -0.39 is 40.2 Å². The van der Waals surface area contributed by atoms with E-state index in [4.69, 9.17) is 63.2 Å². The first kappa shape index (κ1) is 24.6. The topological polar surface area (TPSA) is 55.4 Å². The monoisotopic (exact) mass is 548 g/mol. The second-order valence-corrected chi connectivity index (χ2v) is 10.3. The Labute approximate surface area is 223 Å². The van der Waals surface area contributed by atoms with Gasteiger partial charge in [0.05, 0.1) is 13.2 Å². The van der Waals surface area contributed by atoms with Gasteiger partial charge in [0.1, 0.15) is 24.4 Å². The summed E-state index contributed by atoms with van der Waals surface area (Å²) in [5.41, 5.74) is 1.87. The normalized spacial score (nSPS) is 38.4. The summed E-state index contributed by atoms with van der Waals surface area (Å²) in [7, 11) is 0. The lowest BCUT2D eigenvalue weighted by atomic mass is 9.99. The summed E-state index contributed by atoms with van der Waals surface area (Å²) < 4.78 is 37.8. The summed E-state index contributed by atoms with van der Waals surface area (Å²) in [6.07, 6.45) is -3.00. The Morgan fingerprint density at radius 2 is 0.806 bits per heavy atom. The summed E-state index contributed by atoms with van der Waals surface area (Å²) in [6.45, 7) is -0.0304. The van der Waals surface area contributed by atoms with Crippen LogP contribution in [0.1, 0.15) is 16.7 Å². The molecule has 3 fully saturated rings. The highest BCUT2D eigenvalue weighted by Crippen LogP contribution is 2.49. The lowest BCUT2D eigenvalue weighted by Gasteiger charge is -2.49. The highest BCUT2D eigenvalue weighted by atomic mass is 35.5. The van der Waals surface area contributed by atoms with E-state index in [1.165, 1.54) is 0 Å². The zero-order valence-electron chi connectivity index (χ0n) is 19.0. The van der Waals surface area contributed by atoms with Crippen LogP contribution in [0, 0.1) is 0 Å². The zero-order valence-corrected chi connectivity index (χ0v) is 21.2. The van der Waals surface area contributed by atoms with E-state index in [2.05, 4.69) is 0 Å². The SMILES string of the molecule is ClC1(c2ccccc2)OC[C@H]2OC(Cl)(c3ccccc3)OC[C@@H]3OC(Cl)(c4ccccc4)O[C@H]2[C@@H]3O1. The molecule has 188 valence electrons. The molecule has 3 saturated heterocycles. The third-order valence-electron chi connectivity index (χ3n) is 6.46. The van der Waals surface area contributed by atoms with Gasteiger partial charge in [-0.15, -0.1) is 0 Å². The van der Waals surface area contributed by atoms with E-state index in [1.807, 2.05) is 91.0 Å². The Morgan fingerprint density at radius 1 is 0.472 bits per heavy atom. The average Bonchev–Trinajstić information content (AvgIpc) is 3.07. The van der Waals surface area contributed by atoms with Crippen molar-refractivity contribution in [1.29, 1.82) is 0 Å². The number of rotatable bonds is 3. The van der Waals surface area contributed by atoms with Gasteiger partial charge in [-0.25, -0.2) is 0 Å². The molecule has 7 atom stereocenters. The molecule has 3 aromatic carbocycles. The fourth-order valence-corrected chi connectivity index (χ4v) is 5.60. The van der Waals surface area contributed by atoms with Crippen molar-refractivity contribution < 1.29 is 28.4 Å². The highest BCUT2D eigenvalue weighted by Gasteiger charge is 2.59. The third-order valence-corrected chi connectivity index (χ3v) is 7.69. The maximum Gasteiger partial charge on any atom is 0.277 e. The van der Waals surface area contributed by atoms with Crippen molar-refractivity contribution in [3.05, 3.63) is 108 Å². The van der Waals surface area contributed by atoms with Crippen LogP contribution in [0.3, 0.4) is 0 Å². The first-order chi connectivity index (χ1) is 17.4. The number of alkyl halides is 3. The van der Waals surface area contributed by atoms with E-state index in [-0.39, 0.29) is 13.2 Å². The van der Waals surface area contributed by atoms with Crippen LogP contribution in [0.15, 0.2) is 91.0 Å². The summed E-state index contributed by atoms with van der Waals surface area (Å²) in [6, 6.07) is 27.7. The first-order valence-electron chi connectivity index (χ1n) is 11.6. The lowest BCUT2D eigenvalue weighted by molar-refractivity contribution is -0.380. The minimum Gasteiger partial charge on any atom is -0.331 e. The van der Waals surface area contributed by atoms with Crippen LogP contribution in [-0.4, -0.2) is 37.6 Å². The van der Waals surface area contributed by atoms with E-state index in [1.54, 1.807) is 0 Å². The molecule has 0 spiro atoms. The fourth-order valence-electron chi connectivity index (χ4n) is 4.67. The molecule has 0 amide bonds. The van der Waals surface area contributed by atoms with Crippen LogP contribution >= 0.6 is 34.8 Å². The molecule has 3 aromatic rings. The van der Waals surface area contributed by atoms with Gasteiger partial charge >= 0.3 is 0 Å². The van der Waals surface area contributed by atoms with Crippen LogP contribution < -0.4 is 0 Å². The van der Waals surface area contributed by atoms with E-state index in [9.17, 15) is 0 Å². The molecule has 0 aromatic heterocycles. The van der Waals surface area contributed by atoms with Crippen molar-refractivity contribution in [1.82, 2.24) is 0 Å². The van der Waals surface area contributed by atoms with Gasteiger partial charge in [0.15, 0.2) is 0 Å². The largest absolute Gasteiger partial charge is 0.331 e. The predicted octanol–water partition coefficient (Wildman–Crippen LogP) is 5.75. The molecule has 0 N–H and O–H groups in total. The predicted molar refractivity (Wildman–Crippen MR) is 133 cm³/mol. The first-order valence-corrected chi connectivity index (χ1v) is 12.7. The standard InChI is InChI=1S/C27H23Cl3O6/c28-25(18-10-4-1-5-11-18)31-17-22-23-24(36-27(30,34-22)20-14-8-3-9-15-20)21(33-25)16-32-26(29,35-23)19-12-6-2-7-13-19/h1-15,21-24H,16-17H2/t21-,22+,23-,24-,25?,26?,27?/m1/s1. The second kappa shape index (κ2) is 9.55. The Bertz CT molecular complexity index is 1090. The van der Waals surface area contributed by atoms with Crippen molar-refractivity contribution in [2.24, 2.45) is 0 Å². The van der Waals surface area contributed by atoms with Gasteiger partial charge in [-0.2, -0.15) is 0 Å². The minimum absolute atomic E-state index is 0.0152. The summed E-state index contributed by atoms with van der Waals surface area (Å²) in [5.74, 6) is 0. The van der Waals surface area contributed by atoms with E-state index in [0.717, 1.165) is 0 Å². The molecule has 3 heterocycles. The van der Waals surface area contributed by atoms with Gasteiger partial charge in [0, 0.05) is 16.7 Å². The van der Waals surface area contributed by atoms with Gasteiger partial charge in [-0.05, 0) is 0 Å². The Balaban J connectivity index is 1.42. The second-order valence-electron chi connectivity index (χ2n) is 8.81. The number of benzene rings is 3. The summed E-state index contributed by atoms with van der Waals surface area (Å²) in [4.78, 5) is 0. The highest BCUT2D eigenvalue weighted by molar-refractivity contribution is 6.22. The summed E-state index contributed by atoms with van der Waals surface area (Å²) in [5, 5.41) is -4.83. The molecule has 6 rings (SSSR count). The molecular formula is C27H23Cl3O6. The van der Waals surface area contributed by atoms with Crippen LogP contribution in [0.25, 0.3) is 0 Å². The molecule has 3 aliphatic rings. The Morgan fingerprint density at radius 3 is 1.25 bits per heavy atom. The van der Waals surface area contributed by atoms with Crippen molar-refractivity contribution in [2.45, 2.75) is 40.2 Å². The van der Waals surface area contributed by atoms with Crippen molar-refractivity contribution in [3.63, 3.8) is 0 Å². The van der Waals surface area contributed by atoms with Gasteiger partial charge < -0.3 is 28.4 Å². The maximum absolute atomic E-state index is 6.95. The van der Waals surface area contributed by atoms with Gasteiger partial charge in [-0.1, -0.05) is 126 Å². The smallest absolute Gasteiger partial charge is 0.277 e. The van der Waals surface area contributed by atoms with Gasteiger partial charge in [0.2, 0.25) is 0 Å². The average molecular weight is 550 g/mol. The van der Waals surface area contributed by atoms with Crippen LogP contribution in [0.5, 0.6) is 0 Å². The molecule has 36 heavy (non-hydrogen) atoms. The van der Waals surface area contributed by atoms with Crippen molar-refractivity contribution in [3.8, 4) is 0 Å². The quantitative estimate of drug-likeness (QED) is 0.388. The molecule has 4 bridgehead atoms. The molecule has 9 heteroatoms. The number of halogens is 3. The zero-order chi connectivity index (χ0) is 24.8. The molecular weight excluding hydrogens is 527 g/mol. The van der Waals surface area contributed by atoms with Gasteiger partial charge in [0.25, 0.3) is 15.7 Å². The third kappa shape index (κ3) is 4.45. The van der Waals surface area contributed by atoms with Crippen LogP contribution in [-0.2, 0) is 44.2 Å². The van der Waals surface area contributed by atoms with Crippen molar-refractivity contribution >= 4 is 34.8 Å². The molecule has 3 unspecified atom stereocenters. The molecule has 6 nitrogen and oxygen atoms in total. The molecule has 0 radical (unpaired) electrons. The molecule has 3 aliphatic heterocycles. The minimum atomic E-state index is -1.62. The Hall–Kier alpha value is -1.71. The Kier molecular flexibility index (Phi) is 6.53. The van der Waals surface area contributed by atoms with Crippen molar-refractivity contribution in [2.75, 3.05) is 13.2 Å². The molecule has 0 saturated carbocycles. The number of hydrogen-bond acceptors (Lipinski definition) is 6. The lowest BCUT2D eigenvalue weighted by Crippen LogP contribution is -2.62. The molecule has 0 aliphatic carbocycles. The van der Waals surface area contributed by atoms with Gasteiger partial charge in [-0.3, -0.25) is 0 Å². The van der Waals surface area contributed by atoms with E-state index in [0.29, 0.717) is 16.7 Å².